The van der Waals surface area contributed by atoms with E-state index in [4.69, 9.17) is 30.0 Å². The van der Waals surface area contributed by atoms with Crippen LogP contribution < -0.4 is 11.2 Å². The second-order valence-corrected chi connectivity index (χ2v) is 23.8. The van der Waals surface area contributed by atoms with Crippen molar-refractivity contribution >= 4 is 37.2 Å². The van der Waals surface area contributed by atoms with Gasteiger partial charge < -0.3 is 23.3 Å². The largest absolute Gasteiger partial charge is 0.408 e. The molecule has 1 saturated carbocycles. The number of aromatic nitrogens is 2. The molecular weight excluding hydrogens is 563 g/mol. The topological polar surface area (TPSA) is 112 Å². The summed E-state index contributed by atoms with van der Waals surface area (Å²) < 4.78 is 26.7. The number of aromatic amines is 1. The predicted octanol–water partition coefficient (Wildman–Crippen LogP) is 4.69. The molecule has 2 N–H and O–H groups in total. The summed E-state index contributed by atoms with van der Waals surface area (Å²) in [5.74, 6) is 0.419. The summed E-state index contributed by atoms with van der Waals surface area (Å²) in [6.45, 7) is 19.0. The molecule has 0 aromatic carbocycles. The molecule has 3 heterocycles. The third kappa shape index (κ3) is 6.04. The standard InChI is InChI=1S/C25H41N2O7PS2Si/c1-15(2)16-9-11-25(6)18(13-16)33-35(36,37-25)31-14-17-21(34-38(7,8)24(3,4)5)20(29)22(32-17)27-12-10-19(28)26-23(27)30/h10,12,16-18,20-22,29H,1,9,11,13-14H2,2-8H3,(H,26,28,30)/t16-,17-,18+,20-,21?,22-,25+,35+/m1/s1. The predicted molar refractivity (Wildman–Crippen MR) is 157 cm³/mol. The molecule has 38 heavy (non-hydrogen) atoms. The summed E-state index contributed by atoms with van der Waals surface area (Å²) in [5, 5.41) is 11.2. The van der Waals surface area contributed by atoms with Crippen molar-refractivity contribution in [3.05, 3.63) is 45.3 Å². The van der Waals surface area contributed by atoms with Gasteiger partial charge in [-0.2, -0.15) is 0 Å². The Kier molecular flexibility index (Phi) is 8.55. The normalized spacial score (nSPS) is 37.8. The molecular formula is C25H41N2O7PS2Si. The summed E-state index contributed by atoms with van der Waals surface area (Å²) in [6, 6.07) is 1.22. The maximum Gasteiger partial charge on any atom is 0.330 e. The average molecular weight is 605 g/mol. The van der Waals surface area contributed by atoms with Crippen LogP contribution in [0.3, 0.4) is 0 Å². The minimum absolute atomic E-state index is 0.00406. The second-order valence-electron chi connectivity index (χ2n) is 12.5. The van der Waals surface area contributed by atoms with Gasteiger partial charge in [0.05, 0.1) is 12.7 Å². The number of nitrogens with one attached hydrogen (secondary N) is 1. The minimum atomic E-state index is -2.69. The SMILES string of the molecule is C=C(C)[C@@H]1CC[C@]2(C)S[P@@](=S)(OC[C@H]3O[C@@H](n4ccc(=O)[nH]c4=O)[C@H](O)C3O[Si](C)(C)C(C)(C)C)O[C@H]2C1. The van der Waals surface area contributed by atoms with Gasteiger partial charge in [-0.3, -0.25) is 14.3 Å². The molecule has 214 valence electrons. The van der Waals surface area contributed by atoms with Crippen molar-refractivity contribution in [3.63, 3.8) is 0 Å². The van der Waals surface area contributed by atoms with E-state index < -0.39 is 49.8 Å². The first-order valence-corrected chi connectivity index (χ1v) is 20.0. The number of fused-ring (bicyclic) bond motifs is 1. The summed E-state index contributed by atoms with van der Waals surface area (Å²) in [4.78, 5) is 26.3. The highest BCUT2D eigenvalue weighted by Crippen LogP contribution is 2.75. The summed E-state index contributed by atoms with van der Waals surface area (Å²) in [5.41, 5.74) is -2.71. The number of nitrogens with zero attached hydrogens (tertiary/aromatic N) is 1. The smallest absolute Gasteiger partial charge is 0.330 e. The van der Waals surface area contributed by atoms with Gasteiger partial charge in [-0.15, -0.1) is 0 Å². The van der Waals surface area contributed by atoms with Crippen LogP contribution in [0.4, 0.5) is 0 Å². The molecule has 8 atom stereocenters. The van der Waals surface area contributed by atoms with Crippen LogP contribution in [0.1, 0.15) is 60.1 Å². The van der Waals surface area contributed by atoms with E-state index in [0.29, 0.717) is 5.92 Å². The highest BCUT2D eigenvalue weighted by molar-refractivity contribution is 8.68. The van der Waals surface area contributed by atoms with Crippen molar-refractivity contribution in [2.24, 2.45) is 5.92 Å². The number of aliphatic hydroxyl groups excluding tert-OH is 1. The molecule has 4 rings (SSSR count). The van der Waals surface area contributed by atoms with Crippen LogP contribution in [-0.4, -0.2) is 58.7 Å². The summed E-state index contributed by atoms with van der Waals surface area (Å²) in [6.07, 6.45) is 0.597. The lowest BCUT2D eigenvalue weighted by Crippen LogP contribution is -2.50. The molecule has 0 spiro atoms. The molecule has 9 nitrogen and oxygen atoms in total. The first-order valence-electron chi connectivity index (χ1n) is 13.1. The van der Waals surface area contributed by atoms with Crippen molar-refractivity contribution in [1.29, 1.82) is 0 Å². The molecule has 13 heteroatoms. The van der Waals surface area contributed by atoms with E-state index >= 15 is 0 Å². The van der Waals surface area contributed by atoms with Crippen LogP contribution in [0, 0.1) is 5.92 Å². The number of hydrogen-bond acceptors (Lipinski definition) is 9. The molecule has 2 aliphatic heterocycles. The van der Waals surface area contributed by atoms with Gasteiger partial charge in [0.2, 0.25) is 5.69 Å². The fraction of sp³-hybridized carbons (Fsp3) is 0.760. The van der Waals surface area contributed by atoms with Crippen molar-refractivity contribution in [2.45, 2.75) is 107 Å². The Labute approximate surface area is 234 Å². The quantitative estimate of drug-likeness (QED) is 0.260. The first-order chi connectivity index (χ1) is 17.4. The second kappa shape index (κ2) is 10.7. The molecule has 0 bridgehead atoms. The van der Waals surface area contributed by atoms with E-state index in [1.165, 1.54) is 22.4 Å². The monoisotopic (exact) mass is 604 g/mol. The fourth-order valence-corrected chi connectivity index (χ4v) is 13.4. The van der Waals surface area contributed by atoms with Crippen molar-refractivity contribution in [1.82, 2.24) is 9.55 Å². The van der Waals surface area contributed by atoms with Crippen LogP contribution in [0.2, 0.25) is 18.1 Å². The number of H-pyrrole nitrogens is 1. The van der Waals surface area contributed by atoms with E-state index in [1.54, 1.807) is 11.4 Å². The van der Waals surface area contributed by atoms with Gasteiger partial charge in [0.15, 0.2) is 14.5 Å². The number of allylic oxidation sites excluding steroid dienone is 1. The first kappa shape index (κ1) is 30.4. The molecule has 1 aliphatic carbocycles. The van der Waals surface area contributed by atoms with Crippen LogP contribution in [0.15, 0.2) is 34.0 Å². The maximum absolute atomic E-state index is 12.5. The molecule has 3 aliphatic rings. The van der Waals surface area contributed by atoms with Crippen molar-refractivity contribution in [3.8, 4) is 0 Å². The lowest BCUT2D eigenvalue weighted by Gasteiger charge is -2.40. The third-order valence-corrected chi connectivity index (χ3v) is 18.8. The zero-order valence-corrected chi connectivity index (χ0v) is 26.8. The summed E-state index contributed by atoms with van der Waals surface area (Å²) >= 11 is 7.57. The minimum Gasteiger partial charge on any atom is -0.408 e. The third-order valence-electron chi connectivity index (χ3n) is 8.51. The van der Waals surface area contributed by atoms with Crippen LogP contribution >= 0.6 is 17.1 Å². The van der Waals surface area contributed by atoms with Crippen molar-refractivity contribution < 1.29 is 23.3 Å². The number of ether oxygens (including phenoxy) is 1. The van der Waals surface area contributed by atoms with Crippen LogP contribution in [0.25, 0.3) is 0 Å². The molecule has 1 aromatic rings. The highest BCUT2D eigenvalue weighted by Gasteiger charge is 2.55. The molecule has 1 aromatic heterocycles. The molecule has 3 fully saturated rings. The van der Waals surface area contributed by atoms with Gasteiger partial charge in [-0.25, -0.2) is 4.79 Å². The van der Waals surface area contributed by atoms with E-state index in [1.807, 2.05) is 0 Å². The van der Waals surface area contributed by atoms with E-state index in [9.17, 15) is 14.7 Å². The highest BCUT2D eigenvalue weighted by atomic mass is 32.9. The van der Waals surface area contributed by atoms with Gasteiger partial charge in [0.1, 0.15) is 18.3 Å². The van der Waals surface area contributed by atoms with Gasteiger partial charge in [-0.1, -0.05) is 44.3 Å². The Morgan fingerprint density at radius 2 is 2.11 bits per heavy atom. The number of rotatable bonds is 7. The van der Waals surface area contributed by atoms with Gasteiger partial charge >= 0.3 is 5.69 Å². The van der Waals surface area contributed by atoms with Crippen molar-refractivity contribution in [2.75, 3.05) is 6.61 Å². The number of aliphatic hydroxyl groups is 1. The Morgan fingerprint density at radius 3 is 2.71 bits per heavy atom. The average Bonchev–Trinajstić information content (AvgIpc) is 3.23. The van der Waals surface area contributed by atoms with E-state index in [-0.39, 0.29) is 22.5 Å². The molecule has 0 radical (unpaired) electrons. The molecule has 0 amide bonds. The Hall–Kier alpha value is -0.563. The zero-order chi connectivity index (χ0) is 28.3. The fourth-order valence-electron chi connectivity index (χ4n) is 4.98. The molecule has 1 unspecified atom stereocenters. The van der Waals surface area contributed by atoms with Gasteiger partial charge in [0.25, 0.3) is 5.56 Å². The lowest BCUT2D eigenvalue weighted by molar-refractivity contribution is -0.0517. The summed E-state index contributed by atoms with van der Waals surface area (Å²) in [7, 11) is -2.34. The van der Waals surface area contributed by atoms with Crippen LogP contribution in [-0.2, 0) is 30.0 Å². The molecule has 2 saturated heterocycles. The Balaban J connectivity index is 1.55. The Bertz CT molecular complexity index is 1230. The zero-order valence-electron chi connectivity index (χ0n) is 23.3. The van der Waals surface area contributed by atoms with Gasteiger partial charge in [0, 0.05) is 17.0 Å². The lowest BCUT2D eigenvalue weighted by atomic mass is 9.77. The number of hydrogen-bond donors (Lipinski definition) is 2. The Morgan fingerprint density at radius 1 is 1.42 bits per heavy atom. The van der Waals surface area contributed by atoms with E-state index in [0.717, 1.165) is 19.3 Å². The van der Waals surface area contributed by atoms with Gasteiger partial charge in [-0.05, 0) is 69.0 Å². The van der Waals surface area contributed by atoms with Crippen LogP contribution in [0.5, 0.6) is 0 Å². The maximum atomic E-state index is 12.5. The van der Waals surface area contributed by atoms with E-state index in [2.05, 4.69) is 59.3 Å².